The standard InChI is InChI=1S/C35H34N6O4S2/c1-44-27-15-13-25(14-16-27)30-21-29(31-12-7-19-46-31)39-41(30)33(42)23-47-35-38-37-32(40(35)18-17-24-8-4-3-5-9-24)22-36-34(43)26-10-6-11-28(20-26)45-2/h3-16,19-20,30H,17-18,21-23H2,1-2H3,(H,36,43)/t30-/m1/s1. The van der Waals surface area contributed by atoms with E-state index in [1.54, 1.807) is 54.8 Å². The van der Waals surface area contributed by atoms with Gasteiger partial charge in [0.25, 0.3) is 11.8 Å². The number of hydrazone groups is 1. The van der Waals surface area contributed by atoms with E-state index in [0.717, 1.165) is 33.9 Å². The highest BCUT2D eigenvalue weighted by Crippen LogP contribution is 2.35. The van der Waals surface area contributed by atoms with Crippen LogP contribution in [-0.4, -0.2) is 57.3 Å². The summed E-state index contributed by atoms with van der Waals surface area (Å²) in [6.45, 7) is 0.753. The monoisotopic (exact) mass is 666 g/mol. The Hall–Kier alpha value is -4.94. The molecule has 0 saturated carbocycles. The molecular weight excluding hydrogens is 633 g/mol. The lowest BCUT2D eigenvalue weighted by molar-refractivity contribution is -0.130. The van der Waals surface area contributed by atoms with Gasteiger partial charge in [-0.05, 0) is 59.3 Å². The summed E-state index contributed by atoms with van der Waals surface area (Å²) in [5, 5.41) is 20.8. The van der Waals surface area contributed by atoms with Gasteiger partial charge in [-0.3, -0.25) is 9.59 Å². The Kier molecular flexibility index (Phi) is 10.3. The summed E-state index contributed by atoms with van der Waals surface area (Å²) in [4.78, 5) is 27.8. The van der Waals surface area contributed by atoms with Gasteiger partial charge in [-0.25, -0.2) is 5.01 Å². The molecule has 0 unspecified atom stereocenters. The fraction of sp³-hybridized carbons (Fsp3) is 0.229. The first-order chi connectivity index (χ1) is 23.0. The highest BCUT2D eigenvalue weighted by molar-refractivity contribution is 7.99. The summed E-state index contributed by atoms with van der Waals surface area (Å²) < 4.78 is 12.6. The van der Waals surface area contributed by atoms with Gasteiger partial charge >= 0.3 is 0 Å². The number of carbonyl (C=O) groups is 2. The van der Waals surface area contributed by atoms with Crippen molar-refractivity contribution in [1.29, 1.82) is 0 Å². The first-order valence-electron chi connectivity index (χ1n) is 15.1. The number of hydrogen-bond donors (Lipinski definition) is 1. The van der Waals surface area contributed by atoms with Gasteiger partial charge in [0.1, 0.15) is 11.5 Å². The minimum Gasteiger partial charge on any atom is -0.497 e. The van der Waals surface area contributed by atoms with Crippen LogP contribution in [0.5, 0.6) is 11.5 Å². The van der Waals surface area contributed by atoms with Gasteiger partial charge in [0.15, 0.2) is 11.0 Å². The normalized spacial score (nSPS) is 14.1. The Morgan fingerprint density at radius 2 is 1.74 bits per heavy atom. The summed E-state index contributed by atoms with van der Waals surface area (Å²) in [5.74, 6) is 1.70. The molecule has 0 bridgehead atoms. The molecule has 2 amide bonds. The smallest absolute Gasteiger partial charge is 0.253 e. The number of rotatable bonds is 13. The number of aromatic nitrogens is 3. The Labute approximate surface area is 281 Å². The minimum atomic E-state index is -0.246. The minimum absolute atomic E-state index is 0.119. The molecule has 10 nitrogen and oxygen atoms in total. The van der Waals surface area contributed by atoms with Crippen molar-refractivity contribution in [3.63, 3.8) is 0 Å². The van der Waals surface area contributed by atoms with Gasteiger partial charge < -0.3 is 19.4 Å². The second-order valence-corrected chi connectivity index (χ2v) is 12.6. The first-order valence-corrected chi connectivity index (χ1v) is 17.0. The van der Waals surface area contributed by atoms with Gasteiger partial charge in [0.2, 0.25) is 0 Å². The van der Waals surface area contributed by atoms with Crippen LogP contribution in [-0.2, 0) is 24.3 Å². The first kappa shape index (κ1) is 32.0. The molecular formula is C35H34N6O4S2. The number of thioether (sulfide) groups is 1. The highest BCUT2D eigenvalue weighted by Gasteiger charge is 2.33. The molecule has 6 rings (SSSR count). The van der Waals surface area contributed by atoms with E-state index in [4.69, 9.17) is 14.6 Å². The van der Waals surface area contributed by atoms with Gasteiger partial charge in [-0.1, -0.05) is 66.4 Å². The van der Waals surface area contributed by atoms with Crippen LogP contribution in [0.25, 0.3) is 0 Å². The molecule has 240 valence electrons. The second kappa shape index (κ2) is 15.1. The molecule has 3 aromatic carbocycles. The van der Waals surface area contributed by atoms with Crippen molar-refractivity contribution >= 4 is 40.6 Å². The number of aryl methyl sites for hydroxylation is 1. The molecule has 12 heteroatoms. The number of hydrogen-bond acceptors (Lipinski definition) is 9. The number of thiophene rings is 1. The molecule has 5 aromatic rings. The Bertz CT molecular complexity index is 1840. The Morgan fingerprint density at radius 1 is 0.936 bits per heavy atom. The lowest BCUT2D eigenvalue weighted by Crippen LogP contribution is -2.28. The largest absolute Gasteiger partial charge is 0.497 e. The van der Waals surface area contributed by atoms with Gasteiger partial charge in [-0.2, -0.15) is 5.10 Å². The Balaban J connectivity index is 1.19. The number of benzene rings is 3. The van der Waals surface area contributed by atoms with Crippen LogP contribution in [0.3, 0.4) is 0 Å². The molecule has 1 aliphatic rings. The lowest BCUT2D eigenvalue weighted by atomic mass is 10.0. The van der Waals surface area contributed by atoms with Crippen molar-refractivity contribution in [2.75, 3.05) is 20.0 Å². The van der Waals surface area contributed by atoms with Gasteiger partial charge in [-0.15, -0.1) is 21.5 Å². The maximum atomic E-state index is 13.8. The zero-order chi connectivity index (χ0) is 32.6. The zero-order valence-electron chi connectivity index (χ0n) is 26.0. The van der Waals surface area contributed by atoms with Crippen molar-refractivity contribution in [3.05, 3.63) is 124 Å². The van der Waals surface area contributed by atoms with Gasteiger partial charge in [0, 0.05) is 18.5 Å². The van der Waals surface area contributed by atoms with Crippen molar-refractivity contribution < 1.29 is 19.1 Å². The fourth-order valence-corrected chi connectivity index (χ4v) is 6.86. The molecule has 3 heterocycles. The summed E-state index contributed by atoms with van der Waals surface area (Å²) in [6, 6.07) is 28.7. The molecule has 0 spiro atoms. The summed E-state index contributed by atoms with van der Waals surface area (Å²) in [6.07, 6.45) is 1.35. The summed E-state index contributed by atoms with van der Waals surface area (Å²) >= 11 is 2.93. The molecule has 0 fully saturated rings. The molecule has 1 atom stereocenters. The van der Waals surface area contributed by atoms with E-state index in [-0.39, 0.29) is 30.2 Å². The topological polar surface area (TPSA) is 111 Å². The van der Waals surface area contributed by atoms with Crippen molar-refractivity contribution in [2.24, 2.45) is 5.10 Å². The molecule has 0 saturated heterocycles. The number of ether oxygens (including phenoxy) is 2. The predicted molar refractivity (Wildman–Crippen MR) is 183 cm³/mol. The van der Waals surface area contributed by atoms with E-state index in [2.05, 4.69) is 27.6 Å². The van der Waals surface area contributed by atoms with Crippen molar-refractivity contribution in [2.45, 2.75) is 37.1 Å². The molecule has 0 aliphatic carbocycles. The third-order valence-corrected chi connectivity index (χ3v) is 9.67. The second-order valence-electron chi connectivity index (χ2n) is 10.7. The maximum absolute atomic E-state index is 13.8. The number of nitrogens with one attached hydrogen (secondary N) is 1. The van der Waals surface area contributed by atoms with Crippen LogP contribution in [0.15, 0.2) is 107 Å². The van der Waals surface area contributed by atoms with Crippen LogP contribution >= 0.6 is 23.1 Å². The SMILES string of the molecule is COc1ccc([C@H]2CC(c3cccs3)=NN2C(=O)CSc2nnc(CNC(=O)c3cccc(OC)c3)n2CCc2ccccc2)cc1. The van der Waals surface area contributed by atoms with Crippen LogP contribution in [0.4, 0.5) is 0 Å². The quantitative estimate of drug-likeness (QED) is 0.154. The maximum Gasteiger partial charge on any atom is 0.253 e. The predicted octanol–water partition coefficient (Wildman–Crippen LogP) is 6.00. The van der Waals surface area contributed by atoms with Gasteiger partial charge in [0.05, 0.1) is 43.1 Å². The van der Waals surface area contributed by atoms with Crippen LogP contribution < -0.4 is 14.8 Å². The lowest BCUT2D eigenvalue weighted by Gasteiger charge is -2.22. The number of methoxy groups -OCH3 is 2. The third-order valence-electron chi connectivity index (χ3n) is 7.80. The summed E-state index contributed by atoms with van der Waals surface area (Å²) in [7, 11) is 3.20. The van der Waals surface area contributed by atoms with Crippen LogP contribution in [0.2, 0.25) is 0 Å². The van der Waals surface area contributed by atoms with Crippen LogP contribution in [0.1, 0.15) is 44.6 Å². The number of amides is 2. The van der Waals surface area contributed by atoms with E-state index in [9.17, 15) is 9.59 Å². The van der Waals surface area contributed by atoms with E-state index in [1.807, 2.05) is 64.5 Å². The average molecular weight is 667 g/mol. The van der Waals surface area contributed by atoms with E-state index in [1.165, 1.54) is 11.8 Å². The summed E-state index contributed by atoms with van der Waals surface area (Å²) in [5.41, 5.74) is 3.52. The van der Waals surface area contributed by atoms with E-state index < -0.39 is 0 Å². The molecule has 0 radical (unpaired) electrons. The molecule has 1 aliphatic heterocycles. The number of carbonyl (C=O) groups excluding carboxylic acids is 2. The fourth-order valence-electron chi connectivity index (χ4n) is 5.30. The molecule has 47 heavy (non-hydrogen) atoms. The van der Waals surface area contributed by atoms with Crippen LogP contribution in [0, 0.1) is 0 Å². The highest BCUT2D eigenvalue weighted by atomic mass is 32.2. The Morgan fingerprint density at radius 3 is 2.49 bits per heavy atom. The van der Waals surface area contributed by atoms with E-state index in [0.29, 0.717) is 35.3 Å². The average Bonchev–Trinajstić information content (AvgIpc) is 3.90. The third kappa shape index (κ3) is 7.72. The van der Waals surface area contributed by atoms with Crippen molar-refractivity contribution in [1.82, 2.24) is 25.1 Å². The molecule has 1 N–H and O–H groups in total. The molecule has 2 aromatic heterocycles. The zero-order valence-corrected chi connectivity index (χ0v) is 27.7. The number of nitrogens with zero attached hydrogens (tertiary/aromatic N) is 5. The van der Waals surface area contributed by atoms with E-state index >= 15 is 0 Å². The van der Waals surface area contributed by atoms with Crippen molar-refractivity contribution in [3.8, 4) is 11.5 Å².